The van der Waals surface area contributed by atoms with E-state index in [1.165, 1.54) is 6.92 Å². The summed E-state index contributed by atoms with van der Waals surface area (Å²) < 4.78 is 4.86. The summed E-state index contributed by atoms with van der Waals surface area (Å²) in [5, 5.41) is 19.9. The van der Waals surface area contributed by atoms with E-state index in [1.807, 2.05) is 18.2 Å². The van der Waals surface area contributed by atoms with Gasteiger partial charge in [0.2, 0.25) is 0 Å². The van der Waals surface area contributed by atoms with Crippen LogP contribution in [0.25, 0.3) is 10.4 Å². The number of nitrogens with two attached hydrogens (primary N) is 1. The van der Waals surface area contributed by atoms with Crippen LogP contribution in [0.5, 0.6) is 0 Å². The molecule has 2 atom stereocenters. The second-order valence-electron chi connectivity index (χ2n) is 5.60. The highest BCUT2D eigenvalue weighted by atomic mass is 16.5. The number of ether oxygens (including phenoxy) is 1. The standard InChI is InChI=1S/C11H13NO4.C6H9N3O3/c12-9(6-10(13)14)11(15)16-7-8-4-2-1-3-5-8;1-4(10)2-3-5(6(11)12)8-9-7/h1-5,9H,6-7,12H2,(H,13,14);5H,2-3H2,1H3,(H,11,12)/t;5-/m.0/s1. The van der Waals surface area contributed by atoms with Crippen LogP contribution in [0.4, 0.5) is 0 Å². The monoisotopic (exact) mass is 394 g/mol. The number of nitrogens with zero attached hydrogens (tertiary/aromatic N) is 3. The van der Waals surface area contributed by atoms with Crippen molar-refractivity contribution in [3.8, 4) is 0 Å². The fraction of sp³-hybridized carbons (Fsp3) is 0.412. The van der Waals surface area contributed by atoms with E-state index >= 15 is 0 Å². The Kier molecular flexibility index (Phi) is 12.0. The lowest BCUT2D eigenvalue weighted by molar-refractivity contribution is -0.150. The normalized spacial score (nSPS) is 11.6. The molecule has 0 spiro atoms. The topological polar surface area (TPSA) is 193 Å². The van der Waals surface area contributed by atoms with Crippen molar-refractivity contribution in [1.29, 1.82) is 0 Å². The largest absolute Gasteiger partial charge is 0.481 e. The van der Waals surface area contributed by atoms with Crippen LogP contribution >= 0.6 is 0 Å². The average molecular weight is 394 g/mol. The third kappa shape index (κ3) is 12.0. The Morgan fingerprint density at radius 1 is 1.21 bits per heavy atom. The molecule has 0 aliphatic heterocycles. The van der Waals surface area contributed by atoms with Gasteiger partial charge in [-0.3, -0.25) is 14.4 Å². The van der Waals surface area contributed by atoms with Crippen LogP contribution < -0.4 is 5.73 Å². The molecule has 1 aromatic rings. The third-order valence-electron chi connectivity index (χ3n) is 3.17. The van der Waals surface area contributed by atoms with Gasteiger partial charge in [-0.05, 0) is 24.4 Å². The molecule has 1 aromatic carbocycles. The van der Waals surface area contributed by atoms with Crippen LogP contribution in [0.15, 0.2) is 35.4 Å². The lowest BCUT2D eigenvalue weighted by Crippen LogP contribution is -2.34. The zero-order valence-electron chi connectivity index (χ0n) is 15.2. The van der Waals surface area contributed by atoms with E-state index in [9.17, 15) is 19.2 Å². The fourth-order valence-corrected chi connectivity index (χ4v) is 1.74. The van der Waals surface area contributed by atoms with Crippen molar-refractivity contribution >= 4 is 23.7 Å². The average Bonchev–Trinajstić information content (AvgIpc) is 2.63. The molecule has 0 aliphatic carbocycles. The van der Waals surface area contributed by atoms with Gasteiger partial charge in [0.05, 0.1) is 6.42 Å². The molecule has 0 radical (unpaired) electrons. The summed E-state index contributed by atoms with van der Waals surface area (Å²) in [5.41, 5.74) is 14.1. The van der Waals surface area contributed by atoms with Gasteiger partial charge in [-0.1, -0.05) is 35.4 Å². The smallest absolute Gasteiger partial charge is 0.323 e. The first-order valence-corrected chi connectivity index (χ1v) is 8.11. The zero-order chi connectivity index (χ0) is 21.5. The number of carboxylic acid groups (broad SMARTS) is 2. The Morgan fingerprint density at radius 3 is 2.29 bits per heavy atom. The van der Waals surface area contributed by atoms with Crippen LogP contribution in [0.1, 0.15) is 31.7 Å². The van der Waals surface area contributed by atoms with Crippen molar-refractivity contribution in [1.82, 2.24) is 0 Å². The molecule has 0 bridgehead atoms. The molecule has 11 nitrogen and oxygen atoms in total. The van der Waals surface area contributed by atoms with Crippen LogP contribution in [-0.2, 0) is 30.5 Å². The Morgan fingerprint density at radius 2 is 1.82 bits per heavy atom. The second-order valence-corrected chi connectivity index (χ2v) is 5.60. The van der Waals surface area contributed by atoms with Gasteiger partial charge >= 0.3 is 17.9 Å². The van der Waals surface area contributed by atoms with Crippen LogP contribution in [0.2, 0.25) is 0 Å². The molecule has 0 saturated carbocycles. The van der Waals surface area contributed by atoms with E-state index in [2.05, 4.69) is 10.0 Å². The molecule has 0 heterocycles. The number of esters is 1. The SMILES string of the molecule is CC(=O)CC[C@H](N=[N+]=[N-])C(=O)O.NC(CC(=O)O)C(=O)OCc1ccccc1. The summed E-state index contributed by atoms with van der Waals surface area (Å²) in [6.45, 7) is 1.46. The number of hydrogen-bond donors (Lipinski definition) is 3. The minimum absolute atomic E-state index is 0.0642. The summed E-state index contributed by atoms with van der Waals surface area (Å²) in [4.78, 5) is 44.7. The second kappa shape index (κ2) is 13.7. The maximum absolute atomic E-state index is 11.2. The molecule has 1 unspecified atom stereocenters. The molecule has 0 amide bonds. The molecule has 11 heteroatoms. The summed E-state index contributed by atoms with van der Waals surface area (Å²) in [6, 6.07) is 6.86. The number of azide groups is 1. The minimum Gasteiger partial charge on any atom is -0.481 e. The summed E-state index contributed by atoms with van der Waals surface area (Å²) >= 11 is 0. The van der Waals surface area contributed by atoms with Gasteiger partial charge in [-0.25, -0.2) is 0 Å². The lowest BCUT2D eigenvalue weighted by atomic mass is 10.1. The number of rotatable bonds is 10. The molecule has 0 aliphatic rings. The zero-order valence-corrected chi connectivity index (χ0v) is 15.2. The Labute approximate surface area is 160 Å². The number of Topliss-reactive ketones (excluding diaryl/α,β-unsaturated/α-hetero) is 1. The number of benzene rings is 1. The molecule has 28 heavy (non-hydrogen) atoms. The van der Waals surface area contributed by atoms with Crippen molar-refractivity contribution in [3.05, 3.63) is 46.3 Å². The third-order valence-corrected chi connectivity index (χ3v) is 3.17. The van der Waals surface area contributed by atoms with Gasteiger partial charge in [-0.15, -0.1) is 0 Å². The highest BCUT2D eigenvalue weighted by Crippen LogP contribution is 2.03. The number of ketones is 1. The highest BCUT2D eigenvalue weighted by molar-refractivity contribution is 5.81. The first-order chi connectivity index (χ1) is 13.2. The van der Waals surface area contributed by atoms with Crippen molar-refractivity contribution in [2.45, 2.75) is 44.9 Å². The summed E-state index contributed by atoms with van der Waals surface area (Å²) in [7, 11) is 0. The fourth-order valence-electron chi connectivity index (χ4n) is 1.74. The van der Waals surface area contributed by atoms with Gasteiger partial charge < -0.3 is 25.5 Å². The molecule has 1 rings (SSSR count). The quantitative estimate of drug-likeness (QED) is 0.230. The Hall–Kier alpha value is -3.43. The van der Waals surface area contributed by atoms with E-state index in [1.54, 1.807) is 12.1 Å². The minimum atomic E-state index is -1.20. The van der Waals surface area contributed by atoms with Gasteiger partial charge in [-0.2, -0.15) is 0 Å². The van der Waals surface area contributed by atoms with Crippen LogP contribution in [-0.4, -0.2) is 46.0 Å². The summed E-state index contributed by atoms with van der Waals surface area (Å²) in [5.74, 6) is -3.14. The van der Waals surface area contributed by atoms with E-state index in [0.29, 0.717) is 0 Å². The maximum atomic E-state index is 11.2. The van der Waals surface area contributed by atoms with E-state index in [-0.39, 0.29) is 25.2 Å². The first-order valence-electron chi connectivity index (χ1n) is 8.11. The molecular weight excluding hydrogens is 372 g/mol. The maximum Gasteiger partial charge on any atom is 0.323 e. The number of carboxylic acids is 2. The predicted molar refractivity (Wildman–Crippen MR) is 97.0 cm³/mol. The molecular formula is C17H22N4O7. The predicted octanol–water partition coefficient (Wildman–Crippen LogP) is 1.65. The number of hydrogen-bond acceptors (Lipinski definition) is 7. The van der Waals surface area contributed by atoms with Gasteiger partial charge in [0.25, 0.3) is 0 Å². The van der Waals surface area contributed by atoms with Gasteiger partial charge in [0.15, 0.2) is 0 Å². The first kappa shape index (κ1) is 24.6. The van der Waals surface area contributed by atoms with Crippen molar-refractivity contribution in [2.75, 3.05) is 0 Å². The van der Waals surface area contributed by atoms with E-state index in [0.717, 1.165) is 5.56 Å². The molecule has 4 N–H and O–H groups in total. The summed E-state index contributed by atoms with van der Waals surface area (Å²) in [6.07, 6.45) is -0.238. The van der Waals surface area contributed by atoms with Gasteiger partial charge in [0.1, 0.15) is 24.5 Å². The molecule has 0 saturated heterocycles. The Bertz CT molecular complexity index is 715. The van der Waals surface area contributed by atoms with Crippen LogP contribution in [0.3, 0.4) is 0 Å². The number of carbonyl (C=O) groups excluding carboxylic acids is 2. The van der Waals surface area contributed by atoms with E-state index in [4.69, 9.17) is 26.2 Å². The van der Waals surface area contributed by atoms with E-state index < -0.39 is 36.4 Å². The number of aliphatic carboxylic acids is 2. The van der Waals surface area contributed by atoms with Crippen molar-refractivity contribution < 1.29 is 34.1 Å². The number of carbonyl (C=O) groups is 4. The molecule has 0 aromatic heterocycles. The molecule has 0 fully saturated rings. The van der Waals surface area contributed by atoms with Crippen molar-refractivity contribution in [3.63, 3.8) is 0 Å². The van der Waals surface area contributed by atoms with Crippen LogP contribution in [0, 0.1) is 0 Å². The van der Waals surface area contributed by atoms with Gasteiger partial charge in [0, 0.05) is 11.3 Å². The lowest BCUT2D eigenvalue weighted by Gasteiger charge is -2.09. The Balaban J connectivity index is 0.000000546. The molecule has 152 valence electrons. The highest BCUT2D eigenvalue weighted by Gasteiger charge is 2.18. The van der Waals surface area contributed by atoms with Crippen molar-refractivity contribution in [2.24, 2.45) is 10.8 Å².